The molecule has 58 valence electrons. The number of hydrogen-bond acceptors (Lipinski definition) is 1. The summed E-state index contributed by atoms with van der Waals surface area (Å²) < 4.78 is 0. The first-order chi connectivity index (χ1) is 4.79. The van der Waals surface area contributed by atoms with Crippen molar-refractivity contribution < 1.29 is 0 Å². The molecule has 2 heterocycles. The van der Waals surface area contributed by atoms with E-state index in [9.17, 15) is 0 Å². The first-order valence-electron chi connectivity index (χ1n) is 4.49. The third-order valence-electron chi connectivity index (χ3n) is 3.28. The van der Waals surface area contributed by atoms with Crippen molar-refractivity contribution in [2.75, 3.05) is 13.1 Å². The summed E-state index contributed by atoms with van der Waals surface area (Å²) in [6, 6.07) is 0. The molecule has 0 spiro atoms. The number of piperidine rings is 2. The molecule has 3 atom stereocenters. The van der Waals surface area contributed by atoms with Crippen LogP contribution in [0.2, 0.25) is 0 Å². The number of rotatable bonds is 1. The van der Waals surface area contributed by atoms with Crippen LogP contribution in [0.15, 0.2) is 0 Å². The highest BCUT2D eigenvalue weighted by atomic mass is 14.9. The maximum absolute atomic E-state index is 3.47. The molecule has 3 rings (SSSR count). The molecule has 10 heavy (non-hydrogen) atoms. The van der Waals surface area contributed by atoms with Gasteiger partial charge in [-0.1, -0.05) is 13.8 Å². The van der Waals surface area contributed by atoms with E-state index in [0.717, 1.165) is 23.7 Å². The molecule has 1 aliphatic carbocycles. The number of hydrogen-bond donors (Lipinski definition) is 1. The van der Waals surface area contributed by atoms with Crippen LogP contribution >= 0.6 is 0 Å². The van der Waals surface area contributed by atoms with Gasteiger partial charge in [-0.05, 0) is 43.2 Å². The van der Waals surface area contributed by atoms with Gasteiger partial charge in [0.25, 0.3) is 0 Å². The molecule has 0 aromatic rings. The zero-order chi connectivity index (χ0) is 7.14. The lowest BCUT2D eigenvalue weighted by Gasteiger charge is -2.52. The van der Waals surface area contributed by atoms with Crippen LogP contribution in [0, 0.1) is 23.7 Å². The van der Waals surface area contributed by atoms with Crippen LogP contribution in [0.4, 0.5) is 0 Å². The van der Waals surface area contributed by atoms with Crippen LogP contribution in [0.1, 0.15) is 20.3 Å². The fourth-order valence-corrected chi connectivity index (χ4v) is 2.87. The minimum Gasteiger partial charge on any atom is -0.316 e. The van der Waals surface area contributed by atoms with E-state index in [1.54, 1.807) is 0 Å². The maximum atomic E-state index is 3.47. The molecule has 1 heteroatoms. The first-order valence-corrected chi connectivity index (χ1v) is 4.49. The predicted molar refractivity (Wildman–Crippen MR) is 42.8 cm³/mol. The number of fused-ring (bicyclic) bond motifs is 2. The van der Waals surface area contributed by atoms with Gasteiger partial charge in [0, 0.05) is 0 Å². The second kappa shape index (κ2) is 2.23. The van der Waals surface area contributed by atoms with Crippen LogP contribution < -0.4 is 5.32 Å². The molecule has 1 N–H and O–H groups in total. The van der Waals surface area contributed by atoms with Crippen molar-refractivity contribution >= 4 is 0 Å². The SMILES string of the molecule is CC(C)C1[C@@H]2CNC[C@H]1C2. The Morgan fingerprint density at radius 3 is 2.10 bits per heavy atom. The molecule has 1 saturated carbocycles. The molecular weight excluding hydrogens is 122 g/mol. The van der Waals surface area contributed by atoms with Crippen LogP contribution in [0.3, 0.4) is 0 Å². The Morgan fingerprint density at radius 1 is 1.20 bits per heavy atom. The Kier molecular flexibility index (Phi) is 1.48. The monoisotopic (exact) mass is 139 g/mol. The number of nitrogens with one attached hydrogen (secondary N) is 1. The van der Waals surface area contributed by atoms with Gasteiger partial charge in [-0.3, -0.25) is 0 Å². The maximum Gasteiger partial charge on any atom is -0.00174 e. The first kappa shape index (κ1) is 6.66. The Labute approximate surface area is 63.2 Å². The van der Waals surface area contributed by atoms with Gasteiger partial charge in [-0.2, -0.15) is 0 Å². The van der Waals surface area contributed by atoms with Crippen LogP contribution in [0.25, 0.3) is 0 Å². The summed E-state index contributed by atoms with van der Waals surface area (Å²) in [5.41, 5.74) is 0. The molecule has 2 saturated heterocycles. The fraction of sp³-hybridized carbons (Fsp3) is 1.00. The highest BCUT2D eigenvalue weighted by molar-refractivity contribution is 4.96. The standard InChI is InChI=1S/C9H17N/c1-6(2)9-7-3-8(9)5-10-4-7/h6-10H,3-5H2,1-2H3/t7-,8+,9?. The smallest absolute Gasteiger partial charge is 0.00174 e. The van der Waals surface area contributed by atoms with Gasteiger partial charge in [0.1, 0.15) is 0 Å². The van der Waals surface area contributed by atoms with Crippen LogP contribution in [0.5, 0.6) is 0 Å². The predicted octanol–water partition coefficient (Wildman–Crippen LogP) is 1.50. The van der Waals surface area contributed by atoms with Gasteiger partial charge < -0.3 is 5.32 Å². The molecule has 0 amide bonds. The van der Waals surface area contributed by atoms with E-state index in [-0.39, 0.29) is 0 Å². The molecule has 1 nitrogen and oxygen atoms in total. The lowest BCUT2D eigenvalue weighted by atomic mass is 9.58. The quantitative estimate of drug-likeness (QED) is 0.580. The summed E-state index contributed by atoms with van der Waals surface area (Å²) in [6.45, 7) is 7.32. The largest absolute Gasteiger partial charge is 0.316 e. The van der Waals surface area contributed by atoms with Gasteiger partial charge in [0.2, 0.25) is 0 Å². The van der Waals surface area contributed by atoms with Crippen molar-refractivity contribution in [3.63, 3.8) is 0 Å². The summed E-state index contributed by atoms with van der Waals surface area (Å²) in [5.74, 6) is 4.03. The van der Waals surface area contributed by atoms with Crippen molar-refractivity contribution in [3.8, 4) is 0 Å². The highest BCUT2D eigenvalue weighted by Gasteiger charge is 2.44. The van der Waals surface area contributed by atoms with Crippen molar-refractivity contribution in [1.82, 2.24) is 5.32 Å². The summed E-state index contributed by atoms with van der Waals surface area (Å²) >= 11 is 0. The average Bonchev–Trinajstić information content (AvgIpc) is 1.87. The summed E-state index contributed by atoms with van der Waals surface area (Å²) in [7, 11) is 0. The molecule has 2 bridgehead atoms. The molecule has 1 unspecified atom stereocenters. The summed E-state index contributed by atoms with van der Waals surface area (Å²) in [5, 5.41) is 3.47. The van der Waals surface area contributed by atoms with E-state index in [1.165, 1.54) is 19.5 Å². The molecule has 0 aromatic carbocycles. The zero-order valence-electron chi connectivity index (χ0n) is 6.93. The average molecular weight is 139 g/mol. The Bertz CT molecular complexity index is 117. The van der Waals surface area contributed by atoms with E-state index >= 15 is 0 Å². The third-order valence-corrected chi connectivity index (χ3v) is 3.28. The second-order valence-corrected chi connectivity index (χ2v) is 4.24. The summed E-state index contributed by atoms with van der Waals surface area (Å²) in [6.07, 6.45) is 1.51. The molecule has 2 aliphatic heterocycles. The Balaban J connectivity index is 1.99. The molecule has 3 aliphatic rings. The molecule has 0 aromatic heterocycles. The van der Waals surface area contributed by atoms with Crippen molar-refractivity contribution in [2.45, 2.75) is 20.3 Å². The Hall–Kier alpha value is -0.0400. The van der Waals surface area contributed by atoms with Crippen LogP contribution in [-0.4, -0.2) is 13.1 Å². The van der Waals surface area contributed by atoms with Gasteiger partial charge in [-0.25, -0.2) is 0 Å². The van der Waals surface area contributed by atoms with E-state index in [4.69, 9.17) is 0 Å². The van der Waals surface area contributed by atoms with Crippen molar-refractivity contribution in [1.29, 1.82) is 0 Å². The molecule has 3 fully saturated rings. The lowest BCUT2D eigenvalue weighted by Crippen LogP contribution is -2.54. The van der Waals surface area contributed by atoms with E-state index < -0.39 is 0 Å². The minimum atomic E-state index is 0.922. The van der Waals surface area contributed by atoms with E-state index in [1.807, 2.05) is 0 Å². The van der Waals surface area contributed by atoms with Gasteiger partial charge >= 0.3 is 0 Å². The third kappa shape index (κ3) is 0.800. The zero-order valence-corrected chi connectivity index (χ0v) is 6.93. The highest BCUT2D eigenvalue weighted by Crippen LogP contribution is 2.46. The van der Waals surface area contributed by atoms with E-state index in [0.29, 0.717) is 0 Å². The molecular formula is C9H17N. The molecule has 0 radical (unpaired) electrons. The van der Waals surface area contributed by atoms with Crippen molar-refractivity contribution in [3.05, 3.63) is 0 Å². The normalized spacial score (nSPS) is 45.3. The fourth-order valence-electron chi connectivity index (χ4n) is 2.87. The Morgan fingerprint density at radius 2 is 1.80 bits per heavy atom. The second-order valence-electron chi connectivity index (χ2n) is 4.24. The van der Waals surface area contributed by atoms with Gasteiger partial charge in [0.05, 0.1) is 0 Å². The van der Waals surface area contributed by atoms with Gasteiger partial charge in [-0.15, -0.1) is 0 Å². The van der Waals surface area contributed by atoms with Crippen molar-refractivity contribution in [2.24, 2.45) is 23.7 Å². The lowest BCUT2D eigenvalue weighted by molar-refractivity contribution is -0.00230. The van der Waals surface area contributed by atoms with Gasteiger partial charge in [0.15, 0.2) is 0 Å². The van der Waals surface area contributed by atoms with E-state index in [2.05, 4.69) is 19.2 Å². The topological polar surface area (TPSA) is 12.0 Å². The summed E-state index contributed by atoms with van der Waals surface area (Å²) in [4.78, 5) is 0. The van der Waals surface area contributed by atoms with Crippen LogP contribution in [-0.2, 0) is 0 Å². The minimum absolute atomic E-state index is 0.922.